The Kier molecular flexibility index (Phi) is 16.2. The average molecular weight is 791 g/mol. The highest BCUT2D eigenvalue weighted by Crippen LogP contribution is 2.25. The van der Waals surface area contributed by atoms with Gasteiger partial charge in [0.2, 0.25) is 0 Å². The van der Waals surface area contributed by atoms with E-state index in [2.05, 4.69) is 36.0 Å². The highest BCUT2D eigenvalue weighted by atomic mass is 16.5. The van der Waals surface area contributed by atoms with Crippen molar-refractivity contribution in [2.24, 2.45) is 9.98 Å². The Bertz CT molecular complexity index is 2170. The summed E-state index contributed by atoms with van der Waals surface area (Å²) < 4.78 is 22.7. The van der Waals surface area contributed by atoms with Crippen molar-refractivity contribution in [3.63, 3.8) is 0 Å². The summed E-state index contributed by atoms with van der Waals surface area (Å²) in [5.41, 5.74) is 3.05. The van der Waals surface area contributed by atoms with Crippen LogP contribution in [0.2, 0.25) is 0 Å². The van der Waals surface area contributed by atoms with Crippen molar-refractivity contribution in [1.82, 2.24) is 0 Å². The number of hydrogen-bond donors (Lipinski definition) is 0. The molecule has 8 nitrogen and oxygen atoms in total. The molecule has 6 rings (SSSR count). The molecular formula is C51H54N2O6. The molecule has 0 unspecified atom stereocenters. The minimum atomic E-state index is -0.398. The fourth-order valence-electron chi connectivity index (χ4n) is 6.42. The first-order valence-corrected chi connectivity index (χ1v) is 20.9. The SMILES string of the molecule is CCCCOc1ccc(C(=O)Oc2ccc3cc(C=NCCCCCCCN=Cc4ccc5cc(OC(=O)c6ccc(OCCCC)cc6)ccc5c4)ccc3c2)cc1. The number of nitrogens with zero attached hydrogens (tertiary/aromatic N) is 2. The van der Waals surface area contributed by atoms with E-state index in [1.807, 2.05) is 73.1 Å². The van der Waals surface area contributed by atoms with Crippen molar-refractivity contribution >= 4 is 45.9 Å². The minimum absolute atomic E-state index is 0.398. The number of fused-ring (bicyclic) bond motifs is 2. The maximum atomic E-state index is 12.7. The molecule has 6 aromatic rings. The summed E-state index contributed by atoms with van der Waals surface area (Å²) in [6.45, 7) is 7.17. The molecule has 0 spiro atoms. The number of carbonyl (C=O) groups excluding carboxylic acids is 2. The molecule has 0 saturated carbocycles. The lowest BCUT2D eigenvalue weighted by Gasteiger charge is -2.08. The molecule has 0 heterocycles. The summed E-state index contributed by atoms with van der Waals surface area (Å²) in [7, 11) is 0. The number of rotatable bonds is 22. The molecule has 0 aliphatic carbocycles. The summed E-state index contributed by atoms with van der Waals surface area (Å²) in [4.78, 5) is 34.7. The van der Waals surface area contributed by atoms with E-state index in [1.54, 1.807) is 48.5 Å². The Labute approximate surface area is 347 Å². The third kappa shape index (κ3) is 13.4. The Morgan fingerprint density at radius 1 is 0.441 bits per heavy atom. The molecule has 0 aliphatic rings. The van der Waals surface area contributed by atoms with Crippen LogP contribution in [0.15, 0.2) is 131 Å². The first-order chi connectivity index (χ1) is 29.0. The summed E-state index contributed by atoms with van der Waals surface area (Å²) in [5, 5.41) is 4.12. The molecule has 304 valence electrons. The van der Waals surface area contributed by atoms with Crippen molar-refractivity contribution in [2.75, 3.05) is 26.3 Å². The number of carbonyl (C=O) groups is 2. The first kappa shape index (κ1) is 42.3. The second-order valence-corrected chi connectivity index (χ2v) is 14.6. The number of hydrogen-bond acceptors (Lipinski definition) is 8. The highest BCUT2D eigenvalue weighted by Gasteiger charge is 2.11. The van der Waals surface area contributed by atoms with Gasteiger partial charge < -0.3 is 18.9 Å². The summed E-state index contributed by atoms with van der Waals surface area (Å²) in [5.74, 6) is 1.72. The van der Waals surface area contributed by atoms with Crippen molar-refractivity contribution in [2.45, 2.75) is 71.6 Å². The van der Waals surface area contributed by atoms with Gasteiger partial charge in [0.05, 0.1) is 24.3 Å². The van der Waals surface area contributed by atoms with Crippen LogP contribution in [0.1, 0.15) is 103 Å². The van der Waals surface area contributed by atoms with E-state index < -0.39 is 11.9 Å². The highest BCUT2D eigenvalue weighted by molar-refractivity contribution is 5.95. The van der Waals surface area contributed by atoms with E-state index in [4.69, 9.17) is 18.9 Å². The van der Waals surface area contributed by atoms with Crippen molar-refractivity contribution < 1.29 is 28.5 Å². The molecule has 0 aliphatic heterocycles. The topological polar surface area (TPSA) is 95.8 Å². The monoisotopic (exact) mass is 790 g/mol. The molecular weight excluding hydrogens is 737 g/mol. The number of aliphatic imine (C=N–C) groups is 2. The van der Waals surface area contributed by atoms with Gasteiger partial charge in [-0.15, -0.1) is 0 Å². The second-order valence-electron chi connectivity index (χ2n) is 14.6. The van der Waals surface area contributed by atoms with Crippen LogP contribution in [0.3, 0.4) is 0 Å². The zero-order chi connectivity index (χ0) is 41.1. The third-order valence-electron chi connectivity index (χ3n) is 9.86. The lowest BCUT2D eigenvalue weighted by molar-refractivity contribution is 0.0725. The van der Waals surface area contributed by atoms with Crippen LogP contribution in [-0.4, -0.2) is 50.7 Å². The molecule has 0 bridgehead atoms. The van der Waals surface area contributed by atoms with E-state index in [1.165, 1.54) is 0 Å². The Morgan fingerprint density at radius 3 is 1.24 bits per heavy atom. The maximum Gasteiger partial charge on any atom is 0.343 e. The largest absolute Gasteiger partial charge is 0.494 e. The van der Waals surface area contributed by atoms with Gasteiger partial charge in [-0.05, 0) is 143 Å². The van der Waals surface area contributed by atoms with Gasteiger partial charge in [-0.3, -0.25) is 9.98 Å². The minimum Gasteiger partial charge on any atom is -0.494 e. The van der Waals surface area contributed by atoms with Crippen LogP contribution in [0.4, 0.5) is 0 Å². The molecule has 0 aromatic heterocycles. The van der Waals surface area contributed by atoms with Gasteiger partial charge in [0.25, 0.3) is 0 Å². The zero-order valence-electron chi connectivity index (χ0n) is 34.2. The number of unbranched alkanes of at least 4 members (excludes halogenated alkanes) is 6. The second kappa shape index (κ2) is 22.6. The van der Waals surface area contributed by atoms with Crippen LogP contribution < -0.4 is 18.9 Å². The van der Waals surface area contributed by atoms with E-state index >= 15 is 0 Å². The van der Waals surface area contributed by atoms with E-state index in [0.717, 1.165) is 115 Å². The quantitative estimate of drug-likeness (QED) is 0.0294. The molecule has 0 atom stereocenters. The van der Waals surface area contributed by atoms with Gasteiger partial charge in [0.1, 0.15) is 23.0 Å². The summed E-state index contributed by atoms with van der Waals surface area (Å²) >= 11 is 0. The number of ether oxygens (including phenoxy) is 4. The molecule has 0 amide bonds. The van der Waals surface area contributed by atoms with Crippen molar-refractivity contribution in [3.8, 4) is 23.0 Å². The van der Waals surface area contributed by atoms with Crippen LogP contribution in [0.5, 0.6) is 23.0 Å². The van der Waals surface area contributed by atoms with Gasteiger partial charge in [-0.25, -0.2) is 9.59 Å². The normalized spacial score (nSPS) is 11.4. The van der Waals surface area contributed by atoms with Crippen molar-refractivity contribution in [3.05, 3.63) is 144 Å². The number of benzene rings is 6. The van der Waals surface area contributed by atoms with Gasteiger partial charge in [-0.1, -0.05) is 82.3 Å². The molecule has 8 heteroatoms. The third-order valence-corrected chi connectivity index (χ3v) is 9.86. The Hall–Kier alpha value is -6.28. The fraction of sp³-hybridized carbons (Fsp3) is 0.294. The molecule has 0 saturated heterocycles. The standard InChI is InChI=1S/C51H54N2O6/c1-3-5-30-56-46-22-16-40(17-23-46)50(54)58-48-26-20-42-32-38(12-14-44(42)34-48)36-52-28-10-8-7-9-11-29-53-37-39-13-15-45-35-49(27-21-43(45)33-39)59-51(55)41-18-24-47(25-19-41)57-31-6-4-2/h12-27,32-37H,3-11,28-31H2,1-2H3. The van der Waals surface area contributed by atoms with Crippen LogP contribution >= 0.6 is 0 Å². The van der Waals surface area contributed by atoms with E-state index in [0.29, 0.717) is 35.8 Å². The van der Waals surface area contributed by atoms with E-state index in [-0.39, 0.29) is 0 Å². The smallest absolute Gasteiger partial charge is 0.343 e. The lowest BCUT2D eigenvalue weighted by Crippen LogP contribution is -2.08. The van der Waals surface area contributed by atoms with Crippen LogP contribution in [-0.2, 0) is 0 Å². The van der Waals surface area contributed by atoms with Crippen LogP contribution in [0, 0.1) is 0 Å². The van der Waals surface area contributed by atoms with Gasteiger partial charge in [0, 0.05) is 25.5 Å². The predicted octanol–water partition coefficient (Wildman–Crippen LogP) is 12.3. The van der Waals surface area contributed by atoms with Crippen molar-refractivity contribution in [1.29, 1.82) is 0 Å². The maximum absolute atomic E-state index is 12.7. The Morgan fingerprint density at radius 2 is 0.814 bits per heavy atom. The van der Waals surface area contributed by atoms with E-state index in [9.17, 15) is 9.59 Å². The van der Waals surface area contributed by atoms with Gasteiger partial charge >= 0.3 is 11.9 Å². The molecule has 0 N–H and O–H groups in total. The number of esters is 2. The van der Waals surface area contributed by atoms with Gasteiger partial charge in [-0.2, -0.15) is 0 Å². The molecule has 59 heavy (non-hydrogen) atoms. The lowest BCUT2D eigenvalue weighted by atomic mass is 10.1. The predicted molar refractivity (Wildman–Crippen MR) is 240 cm³/mol. The summed E-state index contributed by atoms with van der Waals surface area (Å²) in [6, 6.07) is 37.8. The average Bonchev–Trinajstić information content (AvgIpc) is 3.26. The van der Waals surface area contributed by atoms with Crippen LogP contribution in [0.25, 0.3) is 21.5 Å². The molecule has 0 fully saturated rings. The summed E-state index contributed by atoms with van der Waals surface area (Å²) in [6.07, 6.45) is 13.5. The molecule has 6 aromatic carbocycles. The Balaban J connectivity index is 0.849. The first-order valence-electron chi connectivity index (χ1n) is 20.9. The van der Waals surface area contributed by atoms with Gasteiger partial charge in [0.15, 0.2) is 0 Å². The fourth-order valence-corrected chi connectivity index (χ4v) is 6.42. The molecule has 0 radical (unpaired) electrons. The zero-order valence-corrected chi connectivity index (χ0v) is 34.2.